The summed E-state index contributed by atoms with van der Waals surface area (Å²) in [6.07, 6.45) is 29.1. The lowest BCUT2D eigenvalue weighted by molar-refractivity contribution is 0.278. The van der Waals surface area contributed by atoms with Crippen LogP contribution in [0.3, 0.4) is 0 Å². The van der Waals surface area contributed by atoms with Crippen molar-refractivity contribution in [1.29, 1.82) is 0 Å². The van der Waals surface area contributed by atoms with E-state index < -0.39 is 0 Å². The van der Waals surface area contributed by atoms with E-state index in [2.05, 4.69) is 34.6 Å². The fraction of sp³-hybridized carbons (Fsp3) is 1.00. The van der Waals surface area contributed by atoms with Gasteiger partial charge in [0.05, 0.1) is 0 Å². The minimum absolute atomic E-state index is 0.944. The van der Waals surface area contributed by atoms with Gasteiger partial charge in [0.2, 0.25) is 0 Å². The van der Waals surface area contributed by atoms with Gasteiger partial charge in [-0.2, -0.15) is 0 Å². The molecule has 0 aliphatic heterocycles. The van der Waals surface area contributed by atoms with Crippen LogP contribution in [0.4, 0.5) is 0 Å². The smallest absolute Gasteiger partial charge is 0.0409 e. The normalized spacial score (nSPS) is 14.9. The Labute approximate surface area is 181 Å². The molecule has 0 N–H and O–H groups in total. The Balaban J connectivity index is 4.16. The summed E-state index contributed by atoms with van der Waals surface area (Å²) in [5.74, 6) is 2.89. The van der Waals surface area contributed by atoms with E-state index >= 15 is 0 Å². The number of hydrogen-bond donors (Lipinski definition) is 0. The van der Waals surface area contributed by atoms with Crippen molar-refractivity contribution in [2.75, 3.05) is 0 Å². The zero-order valence-corrected chi connectivity index (χ0v) is 20.9. The molecule has 0 nitrogen and oxygen atoms in total. The molecule has 170 valence electrons. The summed E-state index contributed by atoms with van der Waals surface area (Å²) in [6.45, 7) is 12.0. The second-order valence-corrected chi connectivity index (χ2v) is 10.2. The highest BCUT2D eigenvalue weighted by Gasteiger charge is 2.16. The molecule has 0 aliphatic rings. The predicted molar refractivity (Wildman–Crippen MR) is 131 cm³/mol. The van der Waals surface area contributed by atoms with Crippen LogP contribution >= 0.6 is 0 Å². The van der Waals surface area contributed by atoms with E-state index in [1.165, 1.54) is 128 Å². The van der Waals surface area contributed by atoms with Crippen LogP contribution in [0.1, 0.15) is 163 Å². The highest BCUT2D eigenvalue weighted by atomic mass is 14.2. The summed E-state index contributed by atoms with van der Waals surface area (Å²) in [7, 11) is 0. The number of rotatable bonds is 22. The van der Waals surface area contributed by atoms with Crippen molar-refractivity contribution in [3.8, 4) is 0 Å². The molecule has 0 bridgehead atoms. The highest BCUT2D eigenvalue weighted by molar-refractivity contribution is 4.68. The Bertz CT molecular complexity index is 260. The van der Waals surface area contributed by atoms with E-state index in [1.807, 2.05) is 0 Å². The quantitative estimate of drug-likeness (QED) is 0.160. The summed E-state index contributed by atoms with van der Waals surface area (Å²) in [5.41, 5.74) is 0. The van der Waals surface area contributed by atoms with Gasteiger partial charge in [-0.25, -0.2) is 0 Å². The van der Waals surface area contributed by atoms with E-state index in [1.54, 1.807) is 0 Å². The molecular weight excluding hydrogens is 336 g/mol. The van der Waals surface area contributed by atoms with Gasteiger partial charge < -0.3 is 0 Å². The molecule has 0 saturated heterocycles. The standard InChI is InChI=1S/C28H58/c1-6-9-12-15-18-21-26(4)24-28(23-20-17-14-11-8-3)25-27(5)22-19-16-13-10-7-2/h26-28H,6-25H2,1-5H3. The van der Waals surface area contributed by atoms with Crippen molar-refractivity contribution in [2.45, 2.75) is 163 Å². The molecule has 0 radical (unpaired) electrons. The Morgan fingerprint density at radius 1 is 0.393 bits per heavy atom. The van der Waals surface area contributed by atoms with Crippen molar-refractivity contribution >= 4 is 0 Å². The largest absolute Gasteiger partial charge is 0.0654 e. The van der Waals surface area contributed by atoms with Crippen LogP contribution in [0.15, 0.2) is 0 Å². The van der Waals surface area contributed by atoms with E-state index in [9.17, 15) is 0 Å². The van der Waals surface area contributed by atoms with Gasteiger partial charge in [0, 0.05) is 0 Å². The number of hydrogen-bond acceptors (Lipinski definition) is 0. The van der Waals surface area contributed by atoms with E-state index in [0.29, 0.717) is 0 Å². The lowest BCUT2D eigenvalue weighted by Crippen LogP contribution is -2.11. The Kier molecular flexibility index (Phi) is 21.7. The first-order chi connectivity index (χ1) is 13.6. The van der Waals surface area contributed by atoms with Crippen LogP contribution in [-0.4, -0.2) is 0 Å². The SMILES string of the molecule is CCCCCCCC(C)CC(CCCCCCC)CC(C)CCCCCCC. The average Bonchev–Trinajstić information content (AvgIpc) is 2.67. The molecule has 0 rings (SSSR count). The molecule has 28 heavy (non-hydrogen) atoms. The van der Waals surface area contributed by atoms with Crippen molar-refractivity contribution < 1.29 is 0 Å². The Morgan fingerprint density at radius 3 is 1.07 bits per heavy atom. The maximum Gasteiger partial charge on any atom is -0.0409 e. The minimum Gasteiger partial charge on any atom is -0.0654 e. The summed E-state index contributed by atoms with van der Waals surface area (Å²) in [5, 5.41) is 0. The third-order valence-electron chi connectivity index (χ3n) is 6.79. The second kappa shape index (κ2) is 21.7. The molecule has 0 heteroatoms. The molecule has 0 heterocycles. The Hall–Kier alpha value is 0. The maximum atomic E-state index is 2.54. The molecule has 0 spiro atoms. The summed E-state index contributed by atoms with van der Waals surface area (Å²) in [6, 6.07) is 0. The van der Waals surface area contributed by atoms with Crippen LogP contribution in [0.25, 0.3) is 0 Å². The van der Waals surface area contributed by atoms with Gasteiger partial charge in [0.1, 0.15) is 0 Å². The lowest BCUT2D eigenvalue weighted by atomic mass is 9.82. The van der Waals surface area contributed by atoms with Gasteiger partial charge in [-0.05, 0) is 30.6 Å². The number of unbranched alkanes of at least 4 members (excludes halogenated alkanes) is 12. The van der Waals surface area contributed by atoms with Gasteiger partial charge in [0.15, 0.2) is 0 Å². The summed E-state index contributed by atoms with van der Waals surface area (Å²) >= 11 is 0. The average molecular weight is 395 g/mol. The molecule has 0 saturated carbocycles. The molecule has 0 aromatic heterocycles. The van der Waals surface area contributed by atoms with Crippen molar-refractivity contribution in [3.63, 3.8) is 0 Å². The van der Waals surface area contributed by atoms with Crippen molar-refractivity contribution in [3.05, 3.63) is 0 Å². The zero-order chi connectivity index (χ0) is 20.9. The summed E-state index contributed by atoms with van der Waals surface area (Å²) in [4.78, 5) is 0. The van der Waals surface area contributed by atoms with Gasteiger partial charge >= 0.3 is 0 Å². The third-order valence-corrected chi connectivity index (χ3v) is 6.79. The van der Waals surface area contributed by atoms with Gasteiger partial charge in [0.25, 0.3) is 0 Å². The Morgan fingerprint density at radius 2 is 0.714 bits per heavy atom. The van der Waals surface area contributed by atoms with E-state index in [4.69, 9.17) is 0 Å². The van der Waals surface area contributed by atoms with Crippen LogP contribution in [0.5, 0.6) is 0 Å². The topological polar surface area (TPSA) is 0 Å². The van der Waals surface area contributed by atoms with Gasteiger partial charge in [-0.1, -0.05) is 150 Å². The first kappa shape index (κ1) is 28.0. The van der Waals surface area contributed by atoms with E-state index in [0.717, 1.165) is 17.8 Å². The molecular formula is C28H58. The predicted octanol–water partition coefficient (Wildman–Crippen LogP) is 10.7. The lowest BCUT2D eigenvalue weighted by Gasteiger charge is -2.24. The molecule has 0 fully saturated rings. The molecule has 2 atom stereocenters. The zero-order valence-electron chi connectivity index (χ0n) is 20.9. The molecule has 2 unspecified atom stereocenters. The third kappa shape index (κ3) is 19.3. The molecule has 0 aromatic rings. The second-order valence-electron chi connectivity index (χ2n) is 10.2. The fourth-order valence-electron chi connectivity index (χ4n) is 4.93. The molecule has 0 aromatic carbocycles. The van der Waals surface area contributed by atoms with E-state index in [-0.39, 0.29) is 0 Å². The highest BCUT2D eigenvalue weighted by Crippen LogP contribution is 2.30. The maximum absolute atomic E-state index is 2.54. The van der Waals surface area contributed by atoms with Crippen molar-refractivity contribution in [2.24, 2.45) is 17.8 Å². The van der Waals surface area contributed by atoms with Crippen LogP contribution in [0.2, 0.25) is 0 Å². The first-order valence-electron chi connectivity index (χ1n) is 13.6. The van der Waals surface area contributed by atoms with Crippen molar-refractivity contribution in [1.82, 2.24) is 0 Å². The minimum atomic E-state index is 0.944. The fourth-order valence-corrected chi connectivity index (χ4v) is 4.93. The summed E-state index contributed by atoms with van der Waals surface area (Å²) < 4.78 is 0. The molecule has 0 aliphatic carbocycles. The van der Waals surface area contributed by atoms with Gasteiger partial charge in [-0.15, -0.1) is 0 Å². The monoisotopic (exact) mass is 394 g/mol. The van der Waals surface area contributed by atoms with Gasteiger partial charge in [-0.3, -0.25) is 0 Å². The van der Waals surface area contributed by atoms with Crippen LogP contribution in [0, 0.1) is 17.8 Å². The first-order valence-corrected chi connectivity index (χ1v) is 13.6. The van der Waals surface area contributed by atoms with Crippen LogP contribution in [-0.2, 0) is 0 Å². The van der Waals surface area contributed by atoms with Crippen LogP contribution < -0.4 is 0 Å². The molecule has 0 amide bonds.